The number of nitrogens with zero attached hydrogens (tertiary/aromatic N) is 2. The van der Waals surface area contributed by atoms with Crippen molar-refractivity contribution in [3.05, 3.63) is 29.8 Å². The average Bonchev–Trinajstić information content (AvgIpc) is 3.40. The molecule has 1 aliphatic heterocycles. The van der Waals surface area contributed by atoms with E-state index in [-0.39, 0.29) is 11.9 Å². The normalized spacial score (nSPS) is 18.1. The largest absolute Gasteiger partial charge is 0.496 e. The van der Waals surface area contributed by atoms with E-state index in [1.165, 1.54) is 18.4 Å². The molecule has 2 aliphatic rings. The molecule has 1 saturated heterocycles. The Labute approximate surface area is 180 Å². The molecule has 1 aromatic carbocycles. The lowest BCUT2D eigenvalue weighted by atomic mass is 10.0. The summed E-state index contributed by atoms with van der Waals surface area (Å²) in [4.78, 5) is 19.2. The minimum Gasteiger partial charge on any atom is -0.496 e. The Kier molecular flexibility index (Phi) is 8.81. The zero-order valence-electron chi connectivity index (χ0n) is 18.5. The summed E-state index contributed by atoms with van der Waals surface area (Å²) < 4.78 is 5.63. The lowest BCUT2D eigenvalue weighted by Gasteiger charge is -2.28. The Morgan fingerprint density at radius 1 is 1.23 bits per heavy atom. The topological polar surface area (TPSA) is 78.0 Å². The van der Waals surface area contributed by atoms with Crippen molar-refractivity contribution in [1.82, 2.24) is 20.9 Å². The summed E-state index contributed by atoms with van der Waals surface area (Å²) >= 11 is 0. The van der Waals surface area contributed by atoms with Gasteiger partial charge in [0.25, 0.3) is 0 Å². The van der Waals surface area contributed by atoms with Crippen molar-refractivity contribution in [2.45, 2.75) is 57.5 Å². The number of guanidine groups is 1. The molecule has 1 amide bonds. The second-order valence-electron chi connectivity index (χ2n) is 8.09. The van der Waals surface area contributed by atoms with E-state index >= 15 is 0 Å². The van der Waals surface area contributed by atoms with Crippen molar-refractivity contribution < 1.29 is 9.53 Å². The Hall–Kier alpha value is -2.28. The number of para-hydroxylation sites is 1. The van der Waals surface area contributed by atoms with Gasteiger partial charge in [0.1, 0.15) is 5.75 Å². The molecule has 0 bridgehead atoms. The second kappa shape index (κ2) is 11.8. The number of carbonyl (C=O) groups excluding carboxylic acids is 1. The van der Waals surface area contributed by atoms with Crippen LogP contribution in [-0.4, -0.2) is 62.6 Å². The van der Waals surface area contributed by atoms with Crippen LogP contribution in [0.4, 0.5) is 0 Å². The van der Waals surface area contributed by atoms with Crippen LogP contribution in [0.2, 0.25) is 0 Å². The third-order valence-electron chi connectivity index (χ3n) is 5.66. The van der Waals surface area contributed by atoms with Crippen molar-refractivity contribution in [3.8, 4) is 5.75 Å². The van der Waals surface area contributed by atoms with E-state index in [4.69, 9.17) is 9.73 Å². The smallest absolute Gasteiger partial charge is 0.220 e. The van der Waals surface area contributed by atoms with Gasteiger partial charge in [-0.15, -0.1) is 0 Å². The van der Waals surface area contributed by atoms with Gasteiger partial charge in [-0.05, 0) is 58.2 Å². The monoisotopic (exact) mass is 415 g/mol. The first kappa shape index (κ1) is 22.4. The number of methoxy groups -OCH3 is 1. The van der Waals surface area contributed by atoms with Crippen molar-refractivity contribution in [1.29, 1.82) is 0 Å². The van der Waals surface area contributed by atoms with Crippen LogP contribution in [0.5, 0.6) is 5.75 Å². The molecule has 1 atom stereocenters. The zero-order valence-corrected chi connectivity index (χ0v) is 18.5. The molecule has 7 heteroatoms. The van der Waals surface area contributed by atoms with Crippen LogP contribution in [0.3, 0.4) is 0 Å². The number of hydrogen-bond donors (Lipinski definition) is 3. The number of benzene rings is 1. The quantitative estimate of drug-likeness (QED) is 0.294. The Morgan fingerprint density at radius 3 is 2.70 bits per heavy atom. The van der Waals surface area contributed by atoms with Gasteiger partial charge in [0.05, 0.1) is 19.7 Å². The molecule has 166 valence electrons. The van der Waals surface area contributed by atoms with Crippen LogP contribution in [0.15, 0.2) is 29.3 Å². The zero-order chi connectivity index (χ0) is 21.2. The SMILES string of the molecule is CCNC(=NCC(c1ccccc1OC)N1CCCC1)NCCCC(=O)NC1CC1. The minimum absolute atomic E-state index is 0.159. The van der Waals surface area contributed by atoms with Crippen LogP contribution in [0.1, 0.15) is 57.1 Å². The molecule has 2 fully saturated rings. The molecule has 1 saturated carbocycles. The van der Waals surface area contributed by atoms with Gasteiger partial charge in [0, 0.05) is 31.1 Å². The molecule has 0 spiro atoms. The fourth-order valence-electron chi connectivity index (χ4n) is 3.91. The molecular weight excluding hydrogens is 378 g/mol. The standard InChI is InChI=1S/C23H37N5O2/c1-3-24-23(25-14-8-11-22(29)27-18-12-13-18)26-17-20(28-15-6-7-16-28)19-9-4-5-10-21(19)30-2/h4-5,9-10,18,20H,3,6-8,11-17H2,1-2H3,(H,27,29)(H2,24,25,26). The fraction of sp³-hybridized carbons (Fsp3) is 0.652. The maximum Gasteiger partial charge on any atom is 0.220 e. The molecule has 1 aromatic rings. The summed E-state index contributed by atoms with van der Waals surface area (Å²) in [5.41, 5.74) is 1.19. The first-order valence-corrected chi connectivity index (χ1v) is 11.4. The number of nitrogens with one attached hydrogen (secondary N) is 3. The van der Waals surface area contributed by atoms with E-state index in [9.17, 15) is 4.79 Å². The summed E-state index contributed by atoms with van der Waals surface area (Å²) in [7, 11) is 1.73. The molecule has 1 heterocycles. The molecule has 0 aromatic heterocycles. The molecule has 1 aliphatic carbocycles. The van der Waals surface area contributed by atoms with E-state index < -0.39 is 0 Å². The summed E-state index contributed by atoms with van der Waals surface area (Å²) in [5, 5.41) is 9.75. The highest BCUT2D eigenvalue weighted by molar-refractivity contribution is 5.80. The Balaban J connectivity index is 1.58. The van der Waals surface area contributed by atoms with E-state index in [0.717, 1.165) is 57.2 Å². The van der Waals surface area contributed by atoms with Crippen molar-refractivity contribution >= 4 is 11.9 Å². The van der Waals surface area contributed by atoms with Gasteiger partial charge in [-0.3, -0.25) is 14.7 Å². The highest BCUT2D eigenvalue weighted by Crippen LogP contribution is 2.31. The van der Waals surface area contributed by atoms with Gasteiger partial charge < -0.3 is 20.7 Å². The van der Waals surface area contributed by atoms with Gasteiger partial charge in [0.2, 0.25) is 5.91 Å². The molecule has 0 radical (unpaired) electrons. The van der Waals surface area contributed by atoms with Gasteiger partial charge in [0.15, 0.2) is 5.96 Å². The Bertz CT molecular complexity index is 699. The predicted octanol–water partition coefficient (Wildman–Crippen LogP) is 2.45. The number of ether oxygens (including phenoxy) is 1. The highest BCUT2D eigenvalue weighted by atomic mass is 16.5. The van der Waals surface area contributed by atoms with Crippen LogP contribution in [0.25, 0.3) is 0 Å². The third kappa shape index (κ3) is 6.90. The highest BCUT2D eigenvalue weighted by Gasteiger charge is 2.26. The lowest BCUT2D eigenvalue weighted by molar-refractivity contribution is -0.121. The van der Waals surface area contributed by atoms with E-state index in [1.807, 2.05) is 12.1 Å². The number of hydrogen-bond acceptors (Lipinski definition) is 4. The van der Waals surface area contributed by atoms with E-state index in [0.29, 0.717) is 19.0 Å². The maximum atomic E-state index is 11.8. The summed E-state index contributed by atoms with van der Waals surface area (Å²) in [6, 6.07) is 8.89. The molecular formula is C23H37N5O2. The fourth-order valence-corrected chi connectivity index (χ4v) is 3.91. The van der Waals surface area contributed by atoms with Gasteiger partial charge >= 0.3 is 0 Å². The van der Waals surface area contributed by atoms with Crippen LogP contribution in [0, 0.1) is 0 Å². The number of rotatable bonds is 11. The number of carbonyl (C=O) groups is 1. The van der Waals surface area contributed by atoms with Crippen molar-refractivity contribution in [2.24, 2.45) is 4.99 Å². The van der Waals surface area contributed by atoms with Gasteiger partial charge in [-0.2, -0.15) is 0 Å². The van der Waals surface area contributed by atoms with Crippen LogP contribution < -0.4 is 20.7 Å². The first-order valence-electron chi connectivity index (χ1n) is 11.4. The average molecular weight is 416 g/mol. The second-order valence-corrected chi connectivity index (χ2v) is 8.09. The minimum atomic E-state index is 0.159. The van der Waals surface area contributed by atoms with Crippen molar-refractivity contribution in [2.75, 3.05) is 39.8 Å². The summed E-state index contributed by atoms with van der Waals surface area (Å²) in [6.07, 6.45) is 6.08. The van der Waals surface area contributed by atoms with Crippen LogP contribution >= 0.6 is 0 Å². The van der Waals surface area contributed by atoms with E-state index in [2.05, 4.69) is 39.9 Å². The summed E-state index contributed by atoms with van der Waals surface area (Å²) in [5.74, 6) is 1.88. The third-order valence-corrected chi connectivity index (χ3v) is 5.66. The molecule has 3 rings (SSSR count). The molecule has 1 unspecified atom stereocenters. The Morgan fingerprint density at radius 2 is 2.00 bits per heavy atom. The number of likely N-dealkylation sites (tertiary alicyclic amines) is 1. The lowest BCUT2D eigenvalue weighted by Crippen LogP contribution is -2.39. The maximum absolute atomic E-state index is 11.8. The summed E-state index contributed by atoms with van der Waals surface area (Å²) in [6.45, 7) is 6.46. The number of aliphatic imine (C=N–C) groups is 1. The van der Waals surface area contributed by atoms with Crippen molar-refractivity contribution in [3.63, 3.8) is 0 Å². The van der Waals surface area contributed by atoms with Gasteiger partial charge in [-0.1, -0.05) is 18.2 Å². The predicted molar refractivity (Wildman–Crippen MR) is 121 cm³/mol. The van der Waals surface area contributed by atoms with E-state index in [1.54, 1.807) is 7.11 Å². The first-order chi connectivity index (χ1) is 14.7. The molecule has 7 nitrogen and oxygen atoms in total. The molecule has 30 heavy (non-hydrogen) atoms. The van der Waals surface area contributed by atoms with Crippen LogP contribution in [-0.2, 0) is 4.79 Å². The molecule has 3 N–H and O–H groups in total. The van der Waals surface area contributed by atoms with Gasteiger partial charge in [-0.25, -0.2) is 0 Å². The number of amides is 1.